The number of hydrogen-bond donors (Lipinski definition) is 0. The van der Waals surface area contributed by atoms with E-state index in [2.05, 4.69) is 38.1 Å². The summed E-state index contributed by atoms with van der Waals surface area (Å²) in [7, 11) is 0. The number of hydrogen-bond acceptors (Lipinski definition) is 2. The lowest BCUT2D eigenvalue weighted by atomic mass is 10.1. The highest BCUT2D eigenvalue weighted by atomic mass is 16.6. The molecule has 0 radical (unpaired) electrons. The zero-order chi connectivity index (χ0) is 14.4. The summed E-state index contributed by atoms with van der Waals surface area (Å²) in [6.45, 7) is 8.03. The van der Waals surface area contributed by atoms with Crippen LogP contribution in [-0.2, 0) is 0 Å². The van der Waals surface area contributed by atoms with Crippen LogP contribution in [0.25, 0.3) is 0 Å². The van der Waals surface area contributed by atoms with Crippen molar-refractivity contribution in [2.24, 2.45) is 0 Å². The van der Waals surface area contributed by atoms with E-state index < -0.39 is 0 Å². The first-order chi connectivity index (χ1) is 8.91. The molecular formula is C16H19NO2. The van der Waals surface area contributed by atoms with Gasteiger partial charge in [0.1, 0.15) is 0 Å². The van der Waals surface area contributed by atoms with Gasteiger partial charge in [-0.15, -0.1) is 0 Å². The Balaban J connectivity index is 0.000000200. The van der Waals surface area contributed by atoms with Gasteiger partial charge < -0.3 is 0 Å². The lowest BCUT2D eigenvalue weighted by Gasteiger charge is -1.97. The van der Waals surface area contributed by atoms with Crippen molar-refractivity contribution in [1.82, 2.24) is 0 Å². The summed E-state index contributed by atoms with van der Waals surface area (Å²) in [6, 6.07) is 13.2. The molecule has 0 aromatic heterocycles. The van der Waals surface area contributed by atoms with Crippen LogP contribution in [0.1, 0.15) is 22.3 Å². The fraction of sp³-hybridized carbons (Fsp3) is 0.250. The summed E-state index contributed by atoms with van der Waals surface area (Å²) >= 11 is 0. The Hall–Kier alpha value is -2.16. The predicted molar refractivity (Wildman–Crippen MR) is 78.5 cm³/mol. The smallest absolute Gasteiger partial charge is 0.258 e. The quantitative estimate of drug-likeness (QED) is 0.557. The van der Waals surface area contributed by atoms with Crippen LogP contribution in [0.2, 0.25) is 0 Å². The molecule has 0 heterocycles. The molecule has 0 aliphatic rings. The fourth-order valence-corrected chi connectivity index (χ4v) is 1.50. The summed E-state index contributed by atoms with van der Waals surface area (Å²) in [5.41, 5.74) is 4.93. The Bertz CT molecular complexity index is 556. The molecule has 0 amide bonds. The highest BCUT2D eigenvalue weighted by Crippen LogP contribution is 2.15. The molecule has 0 aliphatic carbocycles. The second-order valence-corrected chi connectivity index (χ2v) is 4.61. The number of benzene rings is 2. The van der Waals surface area contributed by atoms with E-state index in [0.29, 0.717) is 0 Å². The highest BCUT2D eigenvalue weighted by molar-refractivity contribution is 5.38. The number of nitrogens with zero attached hydrogens (tertiary/aromatic N) is 1. The minimum absolute atomic E-state index is 0.160. The lowest BCUT2D eigenvalue weighted by Crippen LogP contribution is -1.89. The Morgan fingerprint density at radius 3 is 1.63 bits per heavy atom. The van der Waals surface area contributed by atoms with Crippen molar-refractivity contribution in [3.63, 3.8) is 0 Å². The molecule has 0 unspecified atom stereocenters. The van der Waals surface area contributed by atoms with E-state index in [1.807, 2.05) is 13.8 Å². The van der Waals surface area contributed by atoms with Crippen LogP contribution in [0.3, 0.4) is 0 Å². The van der Waals surface area contributed by atoms with Crippen molar-refractivity contribution >= 4 is 5.69 Å². The van der Waals surface area contributed by atoms with Gasteiger partial charge in [-0.3, -0.25) is 10.1 Å². The molecule has 0 bridgehead atoms. The predicted octanol–water partition coefficient (Wildman–Crippen LogP) is 4.52. The molecule has 0 spiro atoms. The van der Waals surface area contributed by atoms with Crippen LogP contribution in [-0.4, -0.2) is 4.92 Å². The number of non-ortho nitro benzene ring substituents is 1. The zero-order valence-corrected chi connectivity index (χ0v) is 11.8. The summed E-state index contributed by atoms with van der Waals surface area (Å²) in [5, 5.41) is 10.3. The largest absolute Gasteiger partial charge is 0.269 e. The number of rotatable bonds is 1. The SMILES string of the molecule is Cc1ccc([N+](=O)[O-])cc1C.Cc1ccccc1C. The molecule has 0 saturated heterocycles. The third-order valence-corrected chi connectivity index (χ3v) is 3.13. The average Bonchev–Trinajstić information content (AvgIpc) is 2.37. The van der Waals surface area contributed by atoms with Crippen molar-refractivity contribution in [2.75, 3.05) is 0 Å². The lowest BCUT2D eigenvalue weighted by molar-refractivity contribution is -0.384. The van der Waals surface area contributed by atoms with Gasteiger partial charge in [-0.25, -0.2) is 0 Å². The minimum Gasteiger partial charge on any atom is -0.258 e. The molecular weight excluding hydrogens is 238 g/mol. The third-order valence-electron chi connectivity index (χ3n) is 3.13. The van der Waals surface area contributed by atoms with Gasteiger partial charge in [0, 0.05) is 12.1 Å². The van der Waals surface area contributed by atoms with Crippen LogP contribution < -0.4 is 0 Å². The van der Waals surface area contributed by atoms with E-state index in [1.54, 1.807) is 12.1 Å². The van der Waals surface area contributed by atoms with Crippen molar-refractivity contribution in [3.8, 4) is 0 Å². The molecule has 0 N–H and O–H groups in total. The number of aryl methyl sites for hydroxylation is 4. The van der Waals surface area contributed by atoms with Crippen molar-refractivity contribution in [3.05, 3.63) is 74.8 Å². The van der Waals surface area contributed by atoms with Crippen molar-refractivity contribution < 1.29 is 4.92 Å². The van der Waals surface area contributed by atoms with Gasteiger partial charge in [-0.2, -0.15) is 0 Å². The van der Waals surface area contributed by atoms with E-state index in [4.69, 9.17) is 0 Å². The van der Waals surface area contributed by atoms with Gasteiger partial charge >= 0.3 is 0 Å². The number of nitro groups is 1. The van der Waals surface area contributed by atoms with Gasteiger partial charge in [0.05, 0.1) is 4.92 Å². The number of nitro benzene ring substituents is 1. The Kier molecular flexibility index (Phi) is 5.24. The Morgan fingerprint density at radius 1 is 0.789 bits per heavy atom. The van der Waals surface area contributed by atoms with Gasteiger partial charge in [-0.1, -0.05) is 30.3 Å². The Morgan fingerprint density at radius 2 is 1.26 bits per heavy atom. The maximum absolute atomic E-state index is 10.3. The van der Waals surface area contributed by atoms with Gasteiger partial charge in [0.2, 0.25) is 0 Å². The topological polar surface area (TPSA) is 43.1 Å². The summed E-state index contributed by atoms with van der Waals surface area (Å²) < 4.78 is 0. The summed E-state index contributed by atoms with van der Waals surface area (Å²) in [5.74, 6) is 0. The fourth-order valence-electron chi connectivity index (χ4n) is 1.50. The average molecular weight is 257 g/mol. The monoisotopic (exact) mass is 257 g/mol. The van der Waals surface area contributed by atoms with E-state index >= 15 is 0 Å². The second-order valence-electron chi connectivity index (χ2n) is 4.61. The second kappa shape index (κ2) is 6.69. The molecule has 3 nitrogen and oxygen atoms in total. The first-order valence-corrected chi connectivity index (χ1v) is 6.15. The highest BCUT2D eigenvalue weighted by Gasteiger charge is 2.04. The molecule has 19 heavy (non-hydrogen) atoms. The van der Waals surface area contributed by atoms with E-state index in [-0.39, 0.29) is 10.6 Å². The maximum atomic E-state index is 10.3. The molecule has 0 fully saturated rings. The molecule has 100 valence electrons. The van der Waals surface area contributed by atoms with E-state index in [0.717, 1.165) is 11.1 Å². The van der Waals surface area contributed by atoms with Crippen molar-refractivity contribution in [1.29, 1.82) is 0 Å². The summed E-state index contributed by atoms with van der Waals surface area (Å²) in [4.78, 5) is 9.89. The molecule has 3 heteroatoms. The molecule has 0 aliphatic heterocycles. The van der Waals surface area contributed by atoms with Crippen LogP contribution in [0.15, 0.2) is 42.5 Å². The van der Waals surface area contributed by atoms with Crippen LogP contribution in [0, 0.1) is 37.8 Å². The van der Waals surface area contributed by atoms with E-state index in [9.17, 15) is 10.1 Å². The molecule has 0 saturated carbocycles. The normalized spacial score (nSPS) is 9.47. The molecule has 0 atom stereocenters. The van der Waals surface area contributed by atoms with Gasteiger partial charge in [-0.05, 0) is 49.9 Å². The minimum atomic E-state index is -0.382. The zero-order valence-electron chi connectivity index (χ0n) is 11.8. The van der Waals surface area contributed by atoms with E-state index in [1.165, 1.54) is 17.2 Å². The van der Waals surface area contributed by atoms with Crippen molar-refractivity contribution in [2.45, 2.75) is 27.7 Å². The molecule has 2 rings (SSSR count). The standard InChI is InChI=1S/C8H9NO2.C8H10/c1-6-3-4-8(9(10)11)5-7(6)2;1-7-5-3-4-6-8(7)2/h3-5H,1-2H3;3-6H,1-2H3. The third kappa shape index (κ3) is 4.54. The Labute approximate surface area is 114 Å². The van der Waals surface area contributed by atoms with Gasteiger partial charge in [0.25, 0.3) is 5.69 Å². The first kappa shape index (κ1) is 14.9. The van der Waals surface area contributed by atoms with Crippen LogP contribution in [0.4, 0.5) is 5.69 Å². The summed E-state index contributed by atoms with van der Waals surface area (Å²) in [6.07, 6.45) is 0. The van der Waals surface area contributed by atoms with Crippen LogP contribution in [0.5, 0.6) is 0 Å². The van der Waals surface area contributed by atoms with Gasteiger partial charge in [0.15, 0.2) is 0 Å². The van der Waals surface area contributed by atoms with Crippen LogP contribution >= 0.6 is 0 Å². The maximum Gasteiger partial charge on any atom is 0.269 e. The molecule has 2 aromatic carbocycles. The molecule has 2 aromatic rings. The first-order valence-electron chi connectivity index (χ1n) is 6.15.